The first-order valence-corrected chi connectivity index (χ1v) is 17.6. The Bertz CT molecular complexity index is 1810. The smallest absolute Gasteiger partial charge is 0.375 e. The molecule has 0 aliphatic carbocycles. The molecule has 1 aliphatic heterocycles. The SMILES string of the molecule is CC(=O)N1CCN(c2ccc(CN(C(=O)C=Cc3ccc(C(F)(F)F)cc3)[C@@H](Cc3ccccc3)C(=O)N(C)CCOCc3ccccc3)cc2)CC1. The van der Waals surface area contributed by atoms with Crippen LogP contribution in [0.5, 0.6) is 0 Å². The number of rotatable bonds is 14. The summed E-state index contributed by atoms with van der Waals surface area (Å²) in [6.45, 7) is 5.35. The number of ether oxygens (including phenoxy) is 1. The van der Waals surface area contributed by atoms with Gasteiger partial charge in [0.05, 0.1) is 18.8 Å². The summed E-state index contributed by atoms with van der Waals surface area (Å²) in [7, 11) is 1.69. The number of piperazine rings is 1. The van der Waals surface area contributed by atoms with Crippen molar-refractivity contribution < 1.29 is 32.3 Å². The van der Waals surface area contributed by atoms with E-state index in [0.717, 1.165) is 34.5 Å². The average molecular weight is 727 g/mol. The standard InChI is InChI=1S/C42H45F3N4O4/c1-32(50)47-23-25-48(26-24-47)38-20-15-35(16-21-38)30-49(40(51)22-17-33-13-18-37(19-14-33)42(43,44)45)39(29-34-9-5-3-6-10-34)41(52)46(2)27-28-53-31-36-11-7-4-8-12-36/h3-22,39H,23-31H2,1-2H3/t39-/m0/s1. The lowest BCUT2D eigenvalue weighted by atomic mass is 10.0. The van der Waals surface area contributed by atoms with E-state index in [2.05, 4.69) is 4.90 Å². The van der Waals surface area contributed by atoms with Crippen LogP contribution in [0.15, 0.2) is 115 Å². The van der Waals surface area contributed by atoms with Gasteiger partial charge in [-0.25, -0.2) is 0 Å². The molecule has 0 N–H and O–H groups in total. The van der Waals surface area contributed by atoms with Crippen molar-refractivity contribution in [2.75, 3.05) is 51.3 Å². The summed E-state index contributed by atoms with van der Waals surface area (Å²) in [4.78, 5) is 47.4. The Kier molecular flexibility index (Phi) is 13.4. The molecule has 0 saturated carbocycles. The van der Waals surface area contributed by atoms with E-state index in [4.69, 9.17) is 4.74 Å². The van der Waals surface area contributed by atoms with E-state index in [0.29, 0.717) is 51.5 Å². The Hall–Kier alpha value is -5.42. The van der Waals surface area contributed by atoms with Crippen LogP contribution in [0.2, 0.25) is 0 Å². The predicted molar refractivity (Wildman–Crippen MR) is 200 cm³/mol. The first-order chi connectivity index (χ1) is 25.5. The normalized spacial score (nSPS) is 13.9. The summed E-state index contributed by atoms with van der Waals surface area (Å²) < 4.78 is 45.4. The average Bonchev–Trinajstić information content (AvgIpc) is 3.17. The number of likely N-dealkylation sites (N-methyl/N-ethyl adjacent to an activating group) is 1. The molecular weight excluding hydrogens is 681 g/mol. The zero-order valence-electron chi connectivity index (χ0n) is 30.0. The molecule has 1 fully saturated rings. The number of halogens is 3. The number of alkyl halides is 3. The molecule has 0 bridgehead atoms. The highest BCUT2D eigenvalue weighted by Crippen LogP contribution is 2.29. The first-order valence-electron chi connectivity index (χ1n) is 17.6. The van der Waals surface area contributed by atoms with Crippen LogP contribution in [0.4, 0.5) is 18.9 Å². The third-order valence-corrected chi connectivity index (χ3v) is 9.31. The van der Waals surface area contributed by atoms with Crippen LogP contribution >= 0.6 is 0 Å². The fourth-order valence-electron chi connectivity index (χ4n) is 6.18. The van der Waals surface area contributed by atoms with Gasteiger partial charge in [0.2, 0.25) is 17.7 Å². The largest absolute Gasteiger partial charge is 0.416 e. The minimum Gasteiger partial charge on any atom is -0.375 e. The molecule has 0 spiro atoms. The second kappa shape index (κ2) is 18.4. The second-order valence-corrected chi connectivity index (χ2v) is 13.1. The summed E-state index contributed by atoms with van der Waals surface area (Å²) in [5.74, 6) is -0.673. The van der Waals surface area contributed by atoms with Crippen LogP contribution in [0.25, 0.3) is 6.08 Å². The number of nitrogens with zero attached hydrogens (tertiary/aromatic N) is 4. The predicted octanol–water partition coefficient (Wildman–Crippen LogP) is 6.70. The number of carbonyl (C=O) groups is 3. The molecule has 4 aromatic carbocycles. The van der Waals surface area contributed by atoms with Crippen molar-refractivity contribution in [1.82, 2.24) is 14.7 Å². The van der Waals surface area contributed by atoms with Crippen molar-refractivity contribution in [2.45, 2.75) is 38.7 Å². The van der Waals surface area contributed by atoms with Gasteiger partial charge in [-0.2, -0.15) is 13.2 Å². The van der Waals surface area contributed by atoms with Crippen LogP contribution in [-0.2, 0) is 44.9 Å². The highest BCUT2D eigenvalue weighted by atomic mass is 19.4. The van der Waals surface area contributed by atoms with E-state index in [1.54, 1.807) is 18.9 Å². The Labute approximate surface area is 309 Å². The van der Waals surface area contributed by atoms with Gasteiger partial charge in [0.25, 0.3) is 0 Å². The number of hydrogen-bond donors (Lipinski definition) is 0. The zero-order valence-corrected chi connectivity index (χ0v) is 30.0. The Morgan fingerprint density at radius 3 is 1.98 bits per heavy atom. The zero-order chi connectivity index (χ0) is 37.8. The summed E-state index contributed by atoms with van der Waals surface area (Å²) in [5.41, 5.74) is 3.31. The second-order valence-electron chi connectivity index (χ2n) is 13.1. The molecule has 1 aliphatic rings. The van der Waals surface area contributed by atoms with E-state index >= 15 is 0 Å². The van der Waals surface area contributed by atoms with Crippen LogP contribution in [-0.4, -0.2) is 84.8 Å². The molecule has 8 nitrogen and oxygen atoms in total. The van der Waals surface area contributed by atoms with Crippen molar-refractivity contribution in [3.8, 4) is 0 Å². The van der Waals surface area contributed by atoms with Crippen LogP contribution < -0.4 is 4.90 Å². The quantitative estimate of drug-likeness (QED) is 0.107. The minimum absolute atomic E-state index is 0.0575. The van der Waals surface area contributed by atoms with Crippen LogP contribution in [0, 0.1) is 0 Å². The van der Waals surface area contributed by atoms with Gasteiger partial charge in [-0.3, -0.25) is 14.4 Å². The number of benzene rings is 4. The van der Waals surface area contributed by atoms with E-state index in [1.807, 2.05) is 89.8 Å². The van der Waals surface area contributed by atoms with Crippen molar-refractivity contribution in [2.24, 2.45) is 0 Å². The van der Waals surface area contributed by atoms with Gasteiger partial charge in [0.15, 0.2) is 0 Å². The molecule has 11 heteroatoms. The van der Waals surface area contributed by atoms with Gasteiger partial charge in [0, 0.05) is 71.4 Å². The van der Waals surface area contributed by atoms with Gasteiger partial charge in [-0.05, 0) is 52.6 Å². The van der Waals surface area contributed by atoms with Crippen LogP contribution in [0.1, 0.15) is 34.7 Å². The molecule has 0 aromatic heterocycles. The molecular formula is C42H45F3N4O4. The number of hydrogen-bond acceptors (Lipinski definition) is 5. The molecule has 1 saturated heterocycles. The molecule has 0 unspecified atom stereocenters. The maximum absolute atomic E-state index is 14.3. The lowest BCUT2D eigenvalue weighted by Crippen LogP contribution is -2.51. The molecule has 3 amide bonds. The summed E-state index contributed by atoms with van der Waals surface area (Å²) >= 11 is 0. The number of carbonyl (C=O) groups excluding carboxylic acids is 3. The van der Waals surface area contributed by atoms with Gasteiger partial charge >= 0.3 is 6.18 Å². The maximum Gasteiger partial charge on any atom is 0.416 e. The highest BCUT2D eigenvalue weighted by molar-refractivity contribution is 5.95. The lowest BCUT2D eigenvalue weighted by Gasteiger charge is -2.36. The Morgan fingerprint density at radius 2 is 1.40 bits per heavy atom. The molecule has 5 rings (SSSR count). The molecule has 1 atom stereocenters. The molecule has 0 radical (unpaired) electrons. The molecule has 53 heavy (non-hydrogen) atoms. The van der Waals surface area contributed by atoms with Gasteiger partial charge < -0.3 is 24.3 Å². The van der Waals surface area contributed by atoms with E-state index in [9.17, 15) is 27.6 Å². The topological polar surface area (TPSA) is 73.4 Å². The number of anilines is 1. The maximum atomic E-state index is 14.3. The fourth-order valence-corrected chi connectivity index (χ4v) is 6.18. The first kappa shape index (κ1) is 38.8. The minimum atomic E-state index is -4.48. The van der Waals surface area contributed by atoms with Crippen molar-refractivity contribution >= 4 is 29.5 Å². The van der Waals surface area contributed by atoms with Gasteiger partial charge in [-0.15, -0.1) is 0 Å². The third kappa shape index (κ3) is 11.3. The third-order valence-electron chi connectivity index (χ3n) is 9.31. The lowest BCUT2D eigenvalue weighted by molar-refractivity contribution is -0.143. The monoisotopic (exact) mass is 726 g/mol. The van der Waals surface area contributed by atoms with Gasteiger partial charge in [0.1, 0.15) is 6.04 Å². The Balaban J connectivity index is 1.38. The summed E-state index contributed by atoms with van der Waals surface area (Å²) in [6.07, 6.45) is -1.46. The molecule has 1 heterocycles. The van der Waals surface area contributed by atoms with E-state index < -0.39 is 23.7 Å². The van der Waals surface area contributed by atoms with E-state index in [-0.39, 0.29) is 24.8 Å². The van der Waals surface area contributed by atoms with Crippen molar-refractivity contribution in [3.05, 3.63) is 143 Å². The van der Waals surface area contributed by atoms with Crippen molar-refractivity contribution in [1.29, 1.82) is 0 Å². The fraction of sp³-hybridized carbons (Fsp3) is 0.310. The molecule has 4 aromatic rings. The molecule has 278 valence electrons. The van der Waals surface area contributed by atoms with E-state index in [1.165, 1.54) is 29.2 Å². The summed E-state index contributed by atoms with van der Waals surface area (Å²) in [6, 6.07) is 30.7. The Morgan fingerprint density at radius 1 is 0.792 bits per heavy atom. The van der Waals surface area contributed by atoms with Crippen LogP contribution in [0.3, 0.4) is 0 Å². The van der Waals surface area contributed by atoms with Gasteiger partial charge in [-0.1, -0.05) is 84.9 Å². The number of amides is 3. The van der Waals surface area contributed by atoms with Crippen molar-refractivity contribution in [3.63, 3.8) is 0 Å². The highest BCUT2D eigenvalue weighted by Gasteiger charge is 2.32. The summed E-state index contributed by atoms with van der Waals surface area (Å²) in [5, 5.41) is 0.